The summed E-state index contributed by atoms with van der Waals surface area (Å²) >= 11 is 9.56. The highest BCUT2D eigenvalue weighted by molar-refractivity contribution is 9.10. The molecule has 1 aromatic heterocycles. The molecule has 1 N–H and O–H groups in total. The SMILES string of the molecule is CNC(c1ccc(Br)c(Cl)c1)c1cnccc1C. The second-order valence-corrected chi connectivity index (χ2v) is 5.39. The van der Waals surface area contributed by atoms with Gasteiger partial charge < -0.3 is 5.32 Å². The van der Waals surface area contributed by atoms with Gasteiger partial charge in [0.25, 0.3) is 0 Å². The van der Waals surface area contributed by atoms with Crippen LogP contribution >= 0.6 is 27.5 Å². The Labute approximate surface area is 121 Å². The molecule has 0 aliphatic rings. The Morgan fingerprint density at radius 1 is 1.33 bits per heavy atom. The fraction of sp³-hybridized carbons (Fsp3) is 0.214. The standard InChI is InChI=1S/C14H14BrClN2/c1-9-5-6-18-8-11(9)14(17-2)10-3-4-12(15)13(16)7-10/h3-8,14,17H,1-2H3. The van der Waals surface area contributed by atoms with Crippen molar-refractivity contribution in [3.63, 3.8) is 0 Å². The first-order chi connectivity index (χ1) is 8.63. The summed E-state index contributed by atoms with van der Waals surface area (Å²) in [5.74, 6) is 0. The Balaban J connectivity index is 2.45. The molecule has 2 rings (SSSR count). The summed E-state index contributed by atoms with van der Waals surface area (Å²) in [6.07, 6.45) is 3.70. The minimum absolute atomic E-state index is 0.101. The van der Waals surface area contributed by atoms with Crippen LogP contribution in [0.3, 0.4) is 0 Å². The van der Waals surface area contributed by atoms with Crippen molar-refractivity contribution in [3.05, 3.63) is 62.8 Å². The van der Waals surface area contributed by atoms with E-state index in [0.717, 1.165) is 10.0 Å². The van der Waals surface area contributed by atoms with Gasteiger partial charge in [-0.05, 0) is 64.8 Å². The average Bonchev–Trinajstić information content (AvgIpc) is 2.37. The van der Waals surface area contributed by atoms with Gasteiger partial charge in [-0.1, -0.05) is 17.7 Å². The van der Waals surface area contributed by atoms with Gasteiger partial charge >= 0.3 is 0 Å². The summed E-state index contributed by atoms with van der Waals surface area (Å²) in [6, 6.07) is 8.11. The largest absolute Gasteiger partial charge is 0.309 e. The van der Waals surface area contributed by atoms with Crippen molar-refractivity contribution in [1.29, 1.82) is 0 Å². The van der Waals surface area contributed by atoms with E-state index in [-0.39, 0.29) is 6.04 Å². The summed E-state index contributed by atoms with van der Waals surface area (Å²) in [7, 11) is 1.94. The molecule has 0 aliphatic carbocycles. The molecule has 94 valence electrons. The van der Waals surface area contributed by atoms with Crippen molar-refractivity contribution in [2.24, 2.45) is 0 Å². The van der Waals surface area contributed by atoms with Crippen molar-refractivity contribution in [3.8, 4) is 0 Å². The quantitative estimate of drug-likeness (QED) is 0.918. The molecule has 1 atom stereocenters. The average molecular weight is 326 g/mol. The lowest BCUT2D eigenvalue weighted by Gasteiger charge is -2.19. The number of hydrogen-bond donors (Lipinski definition) is 1. The van der Waals surface area contributed by atoms with E-state index >= 15 is 0 Å². The molecule has 0 radical (unpaired) electrons. The number of halogens is 2. The monoisotopic (exact) mass is 324 g/mol. The molecule has 2 nitrogen and oxygen atoms in total. The highest BCUT2D eigenvalue weighted by Gasteiger charge is 2.15. The number of rotatable bonds is 3. The van der Waals surface area contributed by atoms with Crippen LogP contribution in [0, 0.1) is 6.92 Å². The first-order valence-electron chi connectivity index (χ1n) is 5.66. The maximum Gasteiger partial charge on any atom is 0.0592 e. The molecule has 18 heavy (non-hydrogen) atoms. The molecule has 0 fully saturated rings. The maximum atomic E-state index is 6.15. The van der Waals surface area contributed by atoms with Gasteiger partial charge in [0.15, 0.2) is 0 Å². The summed E-state index contributed by atoms with van der Waals surface area (Å²) < 4.78 is 0.908. The number of benzene rings is 1. The van der Waals surface area contributed by atoms with Crippen LogP contribution in [-0.4, -0.2) is 12.0 Å². The number of nitrogens with zero attached hydrogens (tertiary/aromatic N) is 1. The van der Waals surface area contributed by atoms with Crippen LogP contribution in [0.1, 0.15) is 22.7 Å². The van der Waals surface area contributed by atoms with Crippen LogP contribution < -0.4 is 5.32 Å². The molecule has 0 amide bonds. The molecule has 2 aromatic rings. The third-order valence-electron chi connectivity index (χ3n) is 2.96. The number of aryl methyl sites for hydroxylation is 1. The first kappa shape index (κ1) is 13.5. The maximum absolute atomic E-state index is 6.15. The van der Waals surface area contributed by atoms with Gasteiger partial charge in [0, 0.05) is 16.9 Å². The molecule has 0 saturated heterocycles. The summed E-state index contributed by atoms with van der Waals surface area (Å²) in [4.78, 5) is 4.20. The summed E-state index contributed by atoms with van der Waals surface area (Å²) in [6.45, 7) is 2.09. The zero-order chi connectivity index (χ0) is 13.1. The van der Waals surface area contributed by atoms with Gasteiger partial charge in [-0.25, -0.2) is 0 Å². The number of hydrogen-bond acceptors (Lipinski definition) is 2. The van der Waals surface area contributed by atoms with E-state index in [1.807, 2.05) is 31.4 Å². The van der Waals surface area contributed by atoms with E-state index in [9.17, 15) is 0 Å². The second kappa shape index (κ2) is 5.83. The van der Waals surface area contributed by atoms with E-state index in [1.165, 1.54) is 11.1 Å². The van der Waals surface area contributed by atoms with Crippen molar-refractivity contribution in [2.75, 3.05) is 7.05 Å². The van der Waals surface area contributed by atoms with Crippen molar-refractivity contribution in [2.45, 2.75) is 13.0 Å². The van der Waals surface area contributed by atoms with E-state index in [2.05, 4.69) is 39.2 Å². The van der Waals surface area contributed by atoms with Gasteiger partial charge in [0.1, 0.15) is 0 Å². The predicted octanol–water partition coefficient (Wildman–Crippen LogP) is 4.11. The Morgan fingerprint density at radius 2 is 2.11 bits per heavy atom. The molecule has 1 heterocycles. The molecule has 0 spiro atoms. The van der Waals surface area contributed by atoms with E-state index < -0.39 is 0 Å². The lowest BCUT2D eigenvalue weighted by Crippen LogP contribution is -2.18. The Bertz CT molecular complexity index is 557. The van der Waals surface area contributed by atoms with Crippen LogP contribution in [0.4, 0.5) is 0 Å². The molecule has 0 bridgehead atoms. The lowest BCUT2D eigenvalue weighted by molar-refractivity contribution is 0.684. The van der Waals surface area contributed by atoms with E-state index in [1.54, 1.807) is 6.20 Å². The number of nitrogens with one attached hydrogen (secondary N) is 1. The molecule has 4 heteroatoms. The third kappa shape index (κ3) is 2.74. The zero-order valence-electron chi connectivity index (χ0n) is 10.2. The zero-order valence-corrected chi connectivity index (χ0v) is 12.6. The Kier molecular flexibility index (Phi) is 4.38. The second-order valence-electron chi connectivity index (χ2n) is 4.13. The third-order valence-corrected chi connectivity index (χ3v) is 4.19. The topological polar surface area (TPSA) is 24.9 Å². The van der Waals surface area contributed by atoms with Gasteiger partial charge in [-0.15, -0.1) is 0 Å². The predicted molar refractivity (Wildman–Crippen MR) is 79.0 cm³/mol. The fourth-order valence-electron chi connectivity index (χ4n) is 1.97. The van der Waals surface area contributed by atoms with Crippen LogP contribution in [0.15, 0.2) is 41.1 Å². The molecule has 0 saturated carbocycles. The summed E-state index contributed by atoms with van der Waals surface area (Å²) in [5, 5.41) is 4.03. The minimum Gasteiger partial charge on any atom is -0.309 e. The van der Waals surface area contributed by atoms with Gasteiger partial charge in [-0.3, -0.25) is 4.98 Å². The van der Waals surface area contributed by atoms with Gasteiger partial charge in [0.2, 0.25) is 0 Å². The number of aromatic nitrogens is 1. The highest BCUT2D eigenvalue weighted by atomic mass is 79.9. The Hall–Kier alpha value is -0.900. The van der Waals surface area contributed by atoms with Crippen molar-refractivity contribution >= 4 is 27.5 Å². The minimum atomic E-state index is 0.101. The van der Waals surface area contributed by atoms with Gasteiger partial charge in [-0.2, -0.15) is 0 Å². The highest BCUT2D eigenvalue weighted by Crippen LogP contribution is 2.29. The van der Waals surface area contributed by atoms with Crippen molar-refractivity contribution < 1.29 is 0 Å². The van der Waals surface area contributed by atoms with Crippen molar-refractivity contribution in [1.82, 2.24) is 10.3 Å². The molecular formula is C14H14BrClN2. The van der Waals surface area contributed by atoms with E-state index in [0.29, 0.717) is 5.02 Å². The molecule has 0 aliphatic heterocycles. The summed E-state index contributed by atoms with van der Waals surface area (Å²) in [5.41, 5.74) is 3.50. The first-order valence-corrected chi connectivity index (χ1v) is 6.83. The Morgan fingerprint density at radius 3 is 2.72 bits per heavy atom. The van der Waals surface area contributed by atoms with Gasteiger partial charge in [0.05, 0.1) is 11.1 Å². The fourth-order valence-corrected chi connectivity index (χ4v) is 2.41. The molecular weight excluding hydrogens is 312 g/mol. The molecule has 1 aromatic carbocycles. The van der Waals surface area contributed by atoms with Crippen LogP contribution in [0.2, 0.25) is 5.02 Å². The van der Waals surface area contributed by atoms with Crippen LogP contribution in [0.25, 0.3) is 0 Å². The van der Waals surface area contributed by atoms with Crippen LogP contribution in [0.5, 0.6) is 0 Å². The van der Waals surface area contributed by atoms with Crippen LogP contribution in [-0.2, 0) is 0 Å². The molecule has 1 unspecified atom stereocenters. The smallest absolute Gasteiger partial charge is 0.0592 e. The normalized spacial score (nSPS) is 12.4. The van der Waals surface area contributed by atoms with E-state index in [4.69, 9.17) is 11.6 Å². The lowest BCUT2D eigenvalue weighted by atomic mass is 9.97. The number of pyridine rings is 1.